The number of hydrogen-bond acceptors (Lipinski definition) is 4. The molecule has 6 heteroatoms. The minimum Gasteiger partial charge on any atom is -0.493 e. The summed E-state index contributed by atoms with van der Waals surface area (Å²) in [5.74, 6) is 0.868. The van der Waals surface area contributed by atoms with Crippen molar-refractivity contribution in [3.63, 3.8) is 0 Å². The van der Waals surface area contributed by atoms with Gasteiger partial charge in [0.15, 0.2) is 0 Å². The molecule has 0 aliphatic carbocycles. The second kappa shape index (κ2) is 5.89. The molecule has 1 saturated heterocycles. The Morgan fingerprint density at radius 2 is 2.05 bits per heavy atom. The van der Waals surface area contributed by atoms with E-state index < -0.39 is 11.4 Å². The summed E-state index contributed by atoms with van der Waals surface area (Å²) in [5.41, 5.74) is 0.139. The van der Waals surface area contributed by atoms with Gasteiger partial charge in [0.05, 0.1) is 5.25 Å². The third-order valence-corrected chi connectivity index (χ3v) is 4.92. The molecule has 1 unspecified atom stereocenters. The fraction of sp³-hybridized carbons (Fsp3) is 0.333. The van der Waals surface area contributed by atoms with Crippen molar-refractivity contribution in [2.45, 2.75) is 24.5 Å². The Hall–Kier alpha value is -1.82. The van der Waals surface area contributed by atoms with E-state index in [1.54, 1.807) is 11.8 Å². The van der Waals surface area contributed by atoms with Crippen molar-refractivity contribution in [3.05, 3.63) is 46.3 Å². The van der Waals surface area contributed by atoms with Gasteiger partial charge in [-0.15, -0.1) is 0 Å². The van der Waals surface area contributed by atoms with Crippen LogP contribution in [0.2, 0.25) is 0 Å². The molecule has 1 fully saturated rings. The molecule has 0 spiro atoms. The first kappa shape index (κ1) is 14.1. The molecule has 1 atom stereocenters. The average Bonchev–Trinajstić information content (AvgIpc) is 2.49. The molecule has 1 aromatic carbocycles. The number of nitrogens with zero attached hydrogens (tertiary/aromatic N) is 1. The van der Waals surface area contributed by atoms with E-state index in [1.807, 2.05) is 0 Å². The second-order valence-corrected chi connectivity index (χ2v) is 6.32. The molecule has 0 bridgehead atoms. The summed E-state index contributed by atoms with van der Waals surface area (Å²) in [6.45, 7) is 0. The van der Waals surface area contributed by atoms with Gasteiger partial charge in [-0.2, -0.15) is 16.7 Å². The lowest BCUT2D eigenvalue weighted by atomic mass is 10.1. The Balaban J connectivity index is 2.00. The van der Waals surface area contributed by atoms with E-state index in [0.29, 0.717) is 11.4 Å². The Labute approximate surface area is 125 Å². The lowest BCUT2D eigenvalue weighted by molar-refractivity contribution is 0.448. The number of hydrogen-bond donors (Lipinski definition) is 2. The van der Waals surface area contributed by atoms with Crippen molar-refractivity contribution >= 4 is 11.8 Å². The number of halogens is 1. The Bertz CT molecular complexity index is 694. The van der Waals surface area contributed by atoms with E-state index in [0.717, 1.165) is 18.6 Å². The lowest BCUT2D eigenvalue weighted by Crippen LogP contribution is -2.17. The monoisotopic (exact) mass is 306 g/mol. The molecule has 4 nitrogen and oxygen atoms in total. The first-order valence-corrected chi connectivity index (χ1v) is 7.91. The van der Waals surface area contributed by atoms with Crippen molar-refractivity contribution in [1.29, 1.82) is 0 Å². The van der Waals surface area contributed by atoms with E-state index in [-0.39, 0.29) is 16.7 Å². The summed E-state index contributed by atoms with van der Waals surface area (Å²) in [4.78, 5) is 19.1. The van der Waals surface area contributed by atoms with Gasteiger partial charge < -0.3 is 10.1 Å². The molecule has 1 aliphatic heterocycles. The van der Waals surface area contributed by atoms with Crippen molar-refractivity contribution < 1.29 is 9.50 Å². The van der Waals surface area contributed by atoms with Crippen LogP contribution in [-0.2, 0) is 0 Å². The van der Waals surface area contributed by atoms with E-state index in [1.165, 1.54) is 30.7 Å². The third-order valence-electron chi connectivity index (χ3n) is 3.54. The average molecular weight is 306 g/mol. The van der Waals surface area contributed by atoms with Gasteiger partial charge in [0, 0.05) is 0 Å². The molecule has 3 rings (SSSR count). The van der Waals surface area contributed by atoms with Crippen LogP contribution in [0.4, 0.5) is 4.39 Å². The third kappa shape index (κ3) is 2.95. The summed E-state index contributed by atoms with van der Waals surface area (Å²) < 4.78 is 12.9. The number of thioether (sulfide) groups is 1. The zero-order valence-corrected chi connectivity index (χ0v) is 12.1. The maximum Gasteiger partial charge on any atom is 0.262 e. The summed E-state index contributed by atoms with van der Waals surface area (Å²) in [7, 11) is 0. The van der Waals surface area contributed by atoms with Gasteiger partial charge >= 0.3 is 0 Å². The first-order valence-electron chi connectivity index (χ1n) is 6.86. The van der Waals surface area contributed by atoms with Gasteiger partial charge in [0.25, 0.3) is 5.56 Å². The lowest BCUT2D eigenvalue weighted by Gasteiger charge is -2.20. The van der Waals surface area contributed by atoms with Gasteiger partial charge in [-0.1, -0.05) is 18.6 Å². The van der Waals surface area contributed by atoms with Gasteiger partial charge in [0.1, 0.15) is 17.2 Å². The fourth-order valence-electron chi connectivity index (χ4n) is 2.46. The summed E-state index contributed by atoms with van der Waals surface area (Å²) in [6.07, 6.45) is 3.22. The Kier molecular flexibility index (Phi) is 3.96. The number of nitrogens with one attached hydrogen (secondary N) is 1. The van der Waals surface area contributed by atoms with Crippen LogP contribution >= 0.6 is 11.8 Å². The molecule has 1 aromatic heterocycles. The number of benzene rings is 1. The highest BCUT2D eigenvalue weighted by atomic mass is 32.2. The van der Waals surface area contributed by atoms with Crippen molar-refractivity contribution in [2.24, 2.45) is 0 Å². The maximum absolute atomic E-state index is 12.9. The van der Waals surface area contributed by atoms with E-state index in [4.69, 9.17) is 0 Å². The number of aromatic nitrogens is 2. The SMILES string of the molecule is O=c1[nH]c(C2CCCCS2)nc(O)c1-c1ccc(F)cc1. The molecule has 2 aromatic rings. The highest BCUT2D eigenvalue weighted by Crippen LogP contribution is 2.37. The van der Waals surface area contributed by atoms with Crippen LogP contribution in [0.3, 0.4) is 0 Å². The van der Waals surface area contributed by atoms with E-state index in [2.05, 4.69) is 9.97 Å². The highest BCUT2D eigenvalue weighted by Gasteiger charge is 2.21. The van der Waals surface area contributed by atoms with Crippen LogP contribution in [0.1, 0.15) is 30.3 Å². The highest BCUT2D eigenvalue weighted by molar-refractivity contribution is 7.99. The van der Waals surface area contributed by atoms with Gasteiger partial charge in [-0.3, -0.25) is 4.79 Å². The van der Waals surface area contributed by atoms with Crippen LogP contribution in [0.15, 0.2) is 29.1 Å². The van der Waals surface area contributed by atoms with Crippen LogP contribution in [0.25, 0.3) is 11.1 Å². The largest absolute Gasteiger partial charge is 0.493 e. The van der Waals surface area contributed by atoms with Gasteiger partial charge in [-0.25, -0.2) is 4.39 Å². The Morgan fingerprint density at radius 1 is 1.29 bits per heavy atom. The van der Waals surface area contributed by atoms with Crippen LogP contribution in [0.5, 0.6) is 5.88 Å². The molecule has 0 amide bonds. The number of aromatic amines is 1. The zero-order chi connectivity index (χ0) is 14.8. The van der Waals surface area contributed by atoms with Crippen LogP contribution in [0, 0.1) is 5.82 Å². The van der Waals surface area contributed by atoms with Gasteiger partial charge in [-0.05, 0) is 36.3 Å². The standard InChI is InChI=1S/C15H15FN2O2S/c16-10-6-4-9(5-7-10)12-14(19)17-13(18-15(12)20)11-3-1-2-8-21-11/h4-7,11H,1-3,8H2,(H2,17,18,19,20). The number of rotatable bonds is 2. The quantitative estimate of drug-likeness (QED) is 0.894. The van der Waals surface area contributed by atoms with Crippen molar-refractivity contribution in [1.82, 2.24) is 9.97 Å². The minimum atomic E-state index is -0.393. The van der Waals surface area contributed by atoms with E-state index in [9.17, 15) is 14.3 Å². The summed E-state index contributed by atoms with van der Waals surface area (Å²) in [5, 5.41) is 10.2. The summed E-state index contributed by atoms with van der Waals surface area (Å²) in [6, 6.07) is 5.41. The first-order chi connectivity index (χ1) is 10.1. The normalized spacial score (nSPS) is 18.6. The number of aromatic hydroxyl groups is 1. The smallest absolute Gasteiger partial charge is 0.262 e. The predicted octanol–water partition coefficient (Wildman–Crippen LogP) is 3.24. The maximum atomic E-state index is 12.9. The van der Waals surface area contributed by atoms with E-state index >= 15 is 0 Å². The van der Waals surface area contributed by atoms with Gasteiger partial charge in [0.2, 0.25) is 5.88 Å². The van der Waals surface area contributed by atoms with Crippen molar-refractivity contribution in [3.8, 4) is 17.0 Å². The predicted molar refractivity (Wildman–Crippen MR) is 81.0 cm³/mol. The molecule has 0 saturated carbocycles. The molecule has 2 N–H and O–H groups in total. The molecule has 2 heterocycles. The van der Waals surface area contributed by atoms with Crippen molar-refractivity contribution in [2.75, 3.05) is 5.75 Å². The molecular weight excluding hydrogens is 291 g/mol. The number of H-pyrrole nitrogens is 1. The minimum absolute atomic E-state index is 0.0829. The second-order valence-electron chi connectivity index (χ2n) is 5.01. The molecule has 110 valence electrons. The summed E-state index contributed by atoms with van der Waals surface area (Å²) >= 11 is 1.74. The Morgan fingerprint density at radius 3 is 2.67 bits per heavy atom. The topological polar surface area (TPSA) is 66.0 Å². The molecule has 21 heavy (non-hydrogen) atoms. The van der Waals surface area contributed by atoms with Crippen LogP contribution in [-0.4, -0.2) is 20.8 Å². The molecule has 1 aliphatic rings. The zero-order valence-electron chi connectivity index (χ0n) is 11.3. The molecule has 0 radical (unpaired) electrons. The van der Waals surface area contributed by atoms with Crippen LogP contribution < -0.4 is 5.56 Å². The molecular formula is C15H15FN2O2S. The fourth-order valence-corrected chi connectivity index (χ4v) is 3.72.